The number of hydrogen-bond acceptors (Lipinski definition) is 2. The van der Waals surface area contributed by atoms with Crippen LogP contribution in [0.25, 0.3) is 56.1 Å². The highest BCUT2D eigenvalue weighted by atomic mass is 15.1. The molecule has 7 aromatic rings. The molecule has 0 saturated carbocycles. The molecule has 256 valence electrons. The van der Waals surface area contributed by atoms with Crippen molar-refractivity contribution >= 4 is 39.7 Å². The van der Waals surface area contributed by atoms with Crippen molar-refractivity contribution < 1.29 is 0 Å². The van der Waals surface area contributed by atoms with E-state index in [1.165, 1.54) is 61.2 Å². The number of pyridine rings is 1. The van der Waals surface area contributed by atoms with Crippen molar-refractivity contribution in [2.24, 2.45) is 0 Å². The van der Waals surface area contributed by atoms with Gasteiger partial charge in [-0.05, 0) is 143 Å². The van der Waals surface area contributed by atoms with Crippen molar-refractivity contribution in [2.45, 2.75) is 44.9 Å². The second kappa shape index (κ2) is 12.5. The van der Waals surface area contributed by atoms with Crippen LogP contribution in [0.4, 0.5) is 17.1 Å². The Hall–Kier alpha value is -6.19. The summed E-state index contributed by atoms with van der Waals surface area (Å²) in [4.78, 5) is 6.75. The molecule has 0 bridgehead atoms. The van der Waals surface area contributed by atoms with E-state index in [-0.39, 0.29) is 5.41 Å². The third-order valence-electron chi connectivity index (χ3n) is 11.6. The number of hydrogen-bond donors (Lipinski definition) is 0. The molecule has 0 atom stereocenters. The molecule has 5 aromatic carbocycles. The Morgan fingerprint density at radius 3 is 2.09 bits per heavy atom. The number of benzene rings is 5. The fourth-order valence-electron chi connectivity index (χ4n) is 8.92. The van der Waals surface area contributed by atoms with E-state index in [2.05, 4.69) is 174 Å². The van der Waals surface area contributed by atoms with Gasteiger partial charge in [0.2, 0.25) is 0 Å². The minimum absolute atomic E-state index is 0.0849. The van der Waals surface area contributed by atoms with Gasteiger partial charge in [-0.1, -0.05) is 98.8 Å². The summed E-state index contributed by atoms with van der Waals surface area (Å²) in [7, 11) is 0. The van der Waals surface area contributed by atoms with Crippen LogP contribution in [0.1, 0.15) is 55.5 Å². The highest BCUT2D eigenvalue weighted by molar-refractivity contribution is 5.95. The Morgan fingerprint density at radius 2 is 1.34 bits per heavy atom. The Labute approximate surface area is 311 Å². The van der Waals surface area contributed by atoms with Crippen LogP contribution in [0.3, 0.4) is 0 Å². The lowest BCUT2D eigenvalue weighted by Gasteiger charge is -2.28. The third kappa shape index (κ3) is 5.22. The van der Waals surface area contributed by atoms with E-state index in [4.69, 9.17) is 0 Å². The fourth-order valence-corrected chi connectivity index (χ4v) is 8.92. The maximum atomic E-state index is 4.35. The van der Waals surface area contributed by atoms with Crippen molar-refractivity contribution in [3.05, 3.63) is 180 Å². The Balaban J connectivity index is 1.06. The van der Waals surface area contributed by atoms with Gasteiger partial charge in [-0.15, -0.1) is 0 Å². The number of nitrogens with zero attached hydrogens (tertiary/aromatic N) is 3. The van der Waals surface area contributed by atoms with Crippen molar-refractivity contribution in [1.29, 1.82) is 0 Å². The van der Waals surface area contributed by atoms with Crippen LogP contribution in [0, 0.1) is 0 Å². The average molecular weight is 684 g/mol. The summed E-state index contributed by atoms with van der Waals surface area (Å²) in [5.41, 5.74) is 19.0. The van der Waals surface area contributed by atoms with Gasteiger partial charge in [0.15, 0.2) is 0 Å². The van der Waals surface area contributed by atoms with Crippen molar-refractivity contribution in [2.75, 3.05) is 4.90 Å². The number of rotatable bonds is 6. The number of fused-ring (bicyclic) bond motifs is 6. The molecule has 53 heavy (non-hydrogen) atoms. The van der Waals surface area contributed by atoms with E-state index in [1.54, 1.807) is 0 Å². The first-order chi connectivity index (χ1) is 26.0. The maximum absolute atomic E-state index is 4.35. The molecule has 0 N–H and O–H groups in total. The van der Waals surface area contributed by atoms with Crippen LogP contribution in [-0.4, -0.2) is 9.55 Å². The van der Waals surface area contributed by atoms with E-state index in [0.717, 1.165) is 53.9 Å². The maximum Gasteiger partial charge on any atom is 0.0534 e. The van der Waals surface area contributed by atoms with Crippen LogP contribution in [0.5, 0.6) is 0 Å². The van der Waals surface area contributed by atoms with Gasteiger partial charge < -0.3 is 9.47 Å². The molecule has 3 aliphatic carbocycles. The quantitative estimate of drug-likeness (QED) is 0.174. The summed E-state index contributed by atoms with van der Waals surface area (Å²) < 4.78 is 2.50. The largest absolute Gasteiger partial charge is 0.313 e. The minimum Gasteiger partial charge on any atom is -0.313 e. The first-order valence-electron chi connectivity index (χ1n) is 18.9. The van der Waals surface area contributed by atoms with Gasteiger partial charge in [0.25, 0.3) is 0 Å². The third-order valence-corrected chi connectivity index (χ3v) is 11.6. The summed E-state index contributed by atoms with van der Waals surface area (Å²) in [5, 5.41) is 1.37. The topological polar surface area (TPSA) is 21.1 Å². The zero-order chi connectivity index (χ0) is 35.5. The van der Waals surface area contributed by atoms with Crippen LogP contribution in [0.15, 0.2) is 158 Å². The molecule has 10 rings (SSSR count). The van der Waals surface area contributed by atoms with Crippen LogP contribution in [0.2, 0.25) is 0 Å². The highest BCUT2D eigenvalue weighted by Crippen LogP contribution is 2.50. The van der Waals surface area contributed by atoms with E-state index < -0.39 is 0 Å². The molecule has 0 unspecified atom stereocenters. The van der Waals surface area contributed by atoms with Gasteiger partial charge >= 0.3 is 0 Å². The molecule has 0 radical (unpaired) electrons. The second-order valence-corrected chi connectivity index (χ2v) is 15.1. The Kier molecular flexibility index (Phi) is 7.43. The molecule has 3 heteroatoms. The molecule has 2 aromatic heterocycles. The van der Waals surface area contributed by atoms with Crippen molar-refractivity contribution in [3.8, 4) is 33.4 Å². The minimum atomic E-state index is -0.0849. The van der Waals surface area contributed by atoms with E-state index in [9.17, 15) is 0 Å². The standard InChI is InChI=1S/C50H41N3/c1-50(2)46-16-8-6-14-42(46)43-28-27-41(32-47(43)50)52(40-25-20-35(21-26-40)37-11-10-30-51-33-37)39-23-18-34(19-24-39)36-22-29-49-45(31-36)44-15-7-9-17-48(44)53(49)38-12-4-3-5-13-38/h3-4,6,8-12,14,16-33H,5,7,13,15H2,1-2H3. The predicted octanol–water partition coefficient (Wildman–Crippen LogP) is 13.3. The van der Waals surface area contributed by atoms with Gasteiger partial charge in [-0.3, -0.25) is 4.98 Å². The zero-order valence-corrected chi connectivity index (χ0v) is 30.3. The Morgan fingerprint density at radius 1 is 0.623 bits per heavy atom. The molecule has 0 aliphatic heterocycles. The van der Waals surface area contributed by atoms with E-state index in [1.807, 2.05) is 18.5 Å². The molecule has 3 aliphatic rings. The molecule has 0 spiro atoms. The highest BCUT2D eigenvalue weighted by Gasteiger charge is 2.35. The summed E-state index contributed by atoms with van der Waals surface area (Å²) >= 11 is 0. The molecular formula is C50H41N3. The zero-order valence-electron chi connectivity index (χ0n) is 30.3. The predicted molar refractivity (Wildman–Crippen MR) is 223 cm³/mol. The lowest BCUT2D eigenvalue weighted by atomic mass is 9.82. The first kappa shape index (κ1) is 31.5. The summed E-state index contributed by atoms with van der Waals surface area (Å²) in [6.07, 6.45) is 19.5. The van der Waals surface area contributed by atoms with Crippen LogP contribution < -0.4 is 4.90 Å². The number of allylic oxidation sites excluding steroid dienone is 5. The second-order valence-electron chi connectivity index (χ2n) is 15.1. The van der Waals surface area contributed by atoms with Crippen molar-refractivity contribution in [1.82, 2.24) is 9.55 Å². The van der Waals surface area contributed by atoms with Gasteiger partial charge in [-0.25, -0.2) is 0 Å². The molecule has 2 heterocycles. The summed E-state index contributed by atoms with van der Waals surface area (Å²) in [6, 6.07) is 45.1. The van der Waals surface area contributed by atoms with E-state index in [0.29, 0.717) is 0 Å². The number of aryl methyl sites for hydroxylation is 1. The van der Waals surface area contributed by atoms with Gasteiger partial charge in [0.1, 0.15) is 0 Å². The Bertz CT molecular complexity index is 2620. The monoisotopic (exact) mass is 683 g/mol. The number of aromatic nitrogens is 2. The molecular weight excluding hydrogens is 643 g/mol. The van der Waals surface area contributed by atoms with Gasteiger partial charge in [0, 0.05) is 51.6 Å². The molecule has 0 fully saturated rings. The van der Waals surface area contributed by atoms with Crippen LogP contribution in [-0.2, 0) is 11.8 Å². The molecule has 0 amide bonds. The lowest BCUT2D eigenvalue weighted by Crippen LogP contribution is -2.16. The summed E-state index contributed by atoms with van der Waals surface area (Å²) in [6.45, 7) is 4.70. The SMILES string of the molecule is CC1(C)c2ccccc2-c2ccc(N(c3ccc(-c4cccnc4)cc3)c3ccc(-c4ccc5c(c4)c4c(n5C5=CC=CCC5)C=CCC4)cc3)cc21. The molecule has 3 nitrogen and oxygen atoms in total. The smallest absolute Gasteiger partial charge is 0.0534 e. The normalized spacial score (nSPS) is 15.2. The van der Waals surface area contributed by atoms with Crippen molar-refractivity contribution in [3.63, 3.8) is 0 Å². The van der Waals surface area contributed by atoms with E-state index >= 15 is 0 Å². The fraction of sp³-hybridized carbons (Fsp3) is 0.140. The lowest BCUT2D eigenvalue weighted by molar-refractivity contribution is 0.660. The van der Waals surface area contributed by atoms with Gasteiger partial charge in [0.05, 0.1) is 5.52 Å². The molecule has 0 saturated heterocycles. The van der Waals surface area contributed by atoms with Gasteiger partial charge in [-0.2, -0.15) is 0 Å². The average Bonchev–Trinajstić information content (AvgIpc) is 3.67. The summed E-state index contributed by atoms with van der Waals surface area (Å²) in [5.74, 6) is 0. The van der Waals surface area contributed by atoms with Crippen LogP contribution >= 0.6 is 0 Å². The first-order valence-corrected chi connectivity index (χ1v) is 18.9. The number of anilines is 3.